The Morgan fingerprint density at radius 2 is 1.74 bits per heavy atom. The molecule has 180 valence electrons. The van der Waals surface area contributed by atoms with E-state index in [9.17, 15) is 19.1 Å². The zero-order valence-corrected chi connectivity index (χ0v) is 18.7. The van der Waals surface area contributed by atoms with Gasteiger partial charge in [0.2, 0.25) is 17.5 Å². The number of likely N-dealkylation sites (N-methyl/N-ethyl adjacent to an activating group) is 1. The molecule has 0 bridgehead atoms. The van der Waals surface area contributed by atoms with Gasteiger partial charge in [0, 0.05) is 17.7 Å². The van der Waals surface area contributed by atoms with Crippen LogP contribution in [0.2, 0.25) is 0 Å². The lowest BCUT2D eigenvalue weighted by atomic mass is 10.1. The minimum Gasteiger partial charge on any atom is -0.378 e. The number of amides is 2. The molecule has 35 heavy (non-hydrogen) atoms. The molecule has 0 aliphatic heterocycles. The van der Waals surface area contributed by atoms with E-state index in [1.54, 1.807) is 31.2 Å². The predicted molar refractivity (Wildman–Crippen MR) is 122 cm³/mol. The van der Waals surface area contributed by atoms with Crippen LogP contribution in [0.1, 0.15) is 24.2 Å². The molecule has 0 spiro atoms. The predicted octanol–water partition coefficient (Wildman–Crippen LogP) is 2.81. The fourth-order valence-corrected chi connectivity index (χ4v) is 3.35. The summed E-state index contributed by atoms with van der Waals surface area (Å²) in [5.74, 6) is -0.847. The Morgan fingerprint density at radius 1 is 1.00 bits per heavy atom. The second-order valence-corrected chi connectivity index (χ2v) is 7.46. The van der Waals surface area contributed by atoms with Crippen molar-refractivity contribution < 1.29 is 28.1 Å². The van der Waals surface area contributed by atoms with E-state index in [1.807, 2.05) is 18.2 Å². The van der Waals surface area contributed by atoms with E-state index in [1.165, 1.54) is 12.1 Å². The van der Waals surface area contributed by atoms with Gasteiger partial charge in [-0.15, -0.1) is 0 Å². The van der Waals surface area contributed by atoms with Crippen molar-refractivity contribution in [2.45, 2.75) is 19.7 Å². The number of aliphatic hydroxyl groups excluding tert-OH is 1. The van der Waals surface area contributed by atoms with Crippen LogP contribution < -0.4 is 10.6 Å². The molecule has 4 aromatic rings. The van der Waals surface area contributed by atoms with Gasteiger partial charge in [-0.1, -0.05) is 64.9 Å². The molecule has 0 saturated carbocycles. The first-order chi connectivity index (χ1) is 17.0. The molecular weight excluding hydrogens is 457 g/mol. The monoisotopic (exact) mass is 479 g/mol. The summed E-state index contributed by atoms with van der Waals surface area (Å²) in [6.45, 7) is 1.13. The zero-order valence-electron chi connectivity index (χ0n) is 18.7. The second-order valence-electron chi connectivity index (χ2n) is 7.46. The van der Waals surface area contributed by atoms with E-state index in [2.05, 4.69) is 25.9 Å². The van der Waals surface area contributed by atoms with Gasteiger partial charge in [0.15, 0.2) is 6.10 Å². The minimum absolute atomic E-state index is 0.0313. The van der Waals surface area contributed by atoms with Crippen LogP contribution in [0, 0.1) is 0 Å². The van der Waals surface area contributed by atoms with Gasteiger partial charge in [0.25, 0.3) is 11.8 Å². The van der Waals surface area contributed by atoms with Crippen molar-refractivity contribution in [3.8, 4) is 34.3 Å². The van der Waals surface area contributed by atoms with Crippen LogP contribution in [0.25, 0.3) is 34.3 Å². The van der Waals surface area contributed by atoms with E-state index in [4.69, 9.17) is 9.05 Å². The molecule has 0 aliphatic carbocycles. The molecule has 11 heteroatoms. The quantitative estimate of drug-likeness (QED) is 0.333. The molecule has 0 fully saturated rings. The highest BCUT2D eigenvalue weighted by molar-refractivity contribution is 5.87. The van der Waals surface area contributed by atoms with Gasteiger partial charge in [0.05, 0.1) is 12.1 Å². The Morgan fingerprint density at radius 3 is 2.43 bits per heavy atom. The van der Waals surface area contributed by atoms with Crippen LogP contribution in [0.3, 0.4) is 0 Å². The number of hydrogen-bond donors (Lipinski definition) is 3. The van der Waals surface area contributed by atoms with Crippen molar-refractivity contribution in [3.05, 3.63) is 65.7 Å². The van der Waals surface area contributed by atoms with Gasteiger partial charge in [0.1, 0.15) is 12.4 Å². The molecular formula is C24H22FN5O5. The van der Waals surface area contributed by atoms with E-state index in [0.29, 0.717) is 28.9 Å². The summed E-state index contributed by atoms with van der Waals surface area (Å²) in [4.78, 5) is 27.8. The highest BCUT2D eigenvalue weighted by Crippen LogP contribution is 2.33. The van der Waals surface area contributed by atoms with Gasteiger partial charge in [-0.3, -0.25) is 9.59 Å². The normalized spacial score (nSPS) is 11.7. The number of carbonyl (C=O) groups is 2. The van der Waals surface area contributed by atoms with E-state index in [-0.39, 0.29) is 35.5 Å². The SMILES string of the molecule is CCNC(=O)CNC(=O)C(O)c1ccc(-c2noc(-c3onc(-c4ccccc4)c3CF)n2)cc1. The Balaban J connectivity index is 1.48. The van der Waals surface area contributed by atoms with Crippen molar-refractivity contribution in [1.82, 2.24) is 25.9 Å². The molecule has 0 radical (unpaired) electrons. The molecule has 1 unspecified atom stereocenters. The summed E-state index contributed by atoms with van der Waals surface area (Å²) in [5.41, 5.74) is 2.09. The number of rotatable bonds is 9. The fourth-order valence-electron chi connectivity index (χ4n) is 3.35. The summed E-state index contributed by atoms with van der Waals surface area (Å²) in [6.07, 6.45) is -1.46. The van der Waals surface area contributed by atoms with Crippen molar-refractivity contribution in [2.24, 2.45) is 0 Å². The van der Waals surface area contributed by atoms with Crippen LogP contribution in [-0.2, 0) is 16.3 Å². The zero-order chi connectivity index (χ0) is 24.8. The third-order valence-corrected chi connectivity index (χ3v) is 5.12. The summed E-state index contributed by atoms with van der Waals surface area (Å²) < 4.78 is 24.4. The van der Waals surface area contributed by atoms with Gasteiger partial charge in [-0.25, -0.2) is 4.39 Å². The largest absolute Gasteiger partial charge is 0.378 e. The lowest BCUT2D eigenvalue weighted by Gasteiger charge is -2.11. The standard InChI is InChI=1S/C24H22FN5O5/c1-2-26-18(31)13-27-23(33)20(32)15-8-10-16(11-9-15)22-28-24(35-30-22)21-17(12-25)19(29-34-21)14-6-4-3-5-7-14/h3-11,20,32H,2,12-13H2,1H3,(H,26,31)(H,27,33). The van der Waals surface area contributed by atoms with Crippen LogP contribution in [0.15, 0.2) is 63.6 Å². The van der Waals surface area contributed by atoms with Gasteiger partial charge >= 0.3 is 0 Å². The number of aromatic nitrogens is 3. The fraction of sp³-hybridized carbons (Fsp3) is 0.208. The van der Waals surface area contributed by atoms with Crippen molar-refractivity contribution in [2.75, 3.05) is 13.1 Å². The maximum atomic E-state index is 13.8. The van der Waals surface area contributed by atoms with Crippen molar-refractivity contribution >= 4 is 11.8 Å². The number of carbonyl (C=O) groups excluding carboxylic acids is 2. The number of hydrogen-bond acceptors (Lipinski definition) is 8. The molecule has 10 nitrogen and oxygen atoms in total. The van der Waals surface area contributed by atoms with Crippen molar-refractivity contribution in [1.29, 1.82) is 0 Å². The van der Waals surface area contributed by atoms with E-state index < -0.39 is 18.7 Å². The number of nitrogens with zero attached hydrogens (tertiary/aromatic N) is 3. The molecule has 2 aromatic carbocycles. The molecule has 3 N–H and O–H groups in total. The van der Waals surface area contributed by atoms with Gasteiger partial charge < -0.3 is 24.8 Å². The number of aliphatic hydroxyl groups is 1. The number of nitrogens with one attached hydrogen (secondary N) is 2. The number of benzene rings is 2. The summed E-state index contributed by atoms with van der Waals surface area (Å²) in [6, 6.07) is 15.3. The van der Waals surface area contributed by atoms with Crippen LogP contribution in [0.4, 0.5) is 4.39 Å². The first-order valence-corrected chi connectivity index (χ1v) is 10.8. The molecule has 2 amide bonds. The molecule has 0 saturated heterocycles. The first kappa shape index (κ1) is 23.8. The van der Waals surface area contributed by atoms with Crippen LogP contribution >= 0.6 is 0 Å². The Kier molecular flexibility index (Phi) is 7.27. The first-order valence-electron chi connectivity index (χ1n) is 10.8. The number of alkyl halides is 1. The smallest absolute Gasteiger partial charge is 0.297 e. The number of halogens is 1. The summed E-state index contributed by atoms with van der Waals surface area (Å²) in [7, 11) is 0. The molecule has 4 rings (SSSR count). The van der Waals surface area contributed by atoms with Crippen LogP contribution in [0.5, 0.6) is 0 Å². The summed E-state index contributed by atoms with van der Waals surface area (Å²) in [5, 5.41) is 23.0. The van der Waals surface area contributed by atoms with Gasteiger partial charge in [-0.2, -0.15) is 4.98 Å². The third-order valence-electron chi connectivity index (χ3n) is 5.12. The molecule has 2 aromatic heterocycles. The van der Waals surface area contributed by atoms with E-state index in [0.717, 1.165) is 0 Å². The second kappa shape index (κ2) is 10.7. The maximum absolute atomic E-state index is 13.8. The highest BCUT2D eigenvalue weighted by Gasteiger charge is 2.24. The minimum atomic E-state index is -1.46. The van der Waals surface area contributed by atoms with Crippen LogP contribution in [-0.4, -0.2) is 45.3 Å². The molecule has 0 aliphatic rings. The van der Waals surface area contributed by atoms with Crippen molar-refractivity contribution in [3.63, 3.8) is 0 Å². The van der Waals surface area contributed by atoms with E-state index >= 15 is 0 Å². The Bertz CT molecular complexity index is 1300. The average Bonchev–Trinajstić information content (AvgIpc) is 3.55. The van der Waals surface area contributed by atoms with Gasteiger partial charge in [-0.05, 0) is 12.5 Å². The lowest BCUT2D eigenvalue weighted by molar-refractivity contribution is -0.132. The average molecular weight is 479 g/mol. The maximum Gasteiger partial charge on any atom is 0.297 e. The topological polar surface area (TPSA) is 143 Å². The molecule has 1 atom stereocenters. The lowest BCUT2D eigenvalue weighted by Crippen LogP contribution is -2.38. The summed E-state index contributed by atoms with van der Waals surface area (Å²) >= 11 is 0. The Hall–Kier alpha value is -4.38. The third kappa shape index (κ3) is 5.25. The highest BCUT2D eigenvalue weighted by atomic mass is 19.1. The molecule has 2 heterocycles. The Labute approximate surface area is 199 Å².